The molecule has 2 aliphatic rings. The second-order valence-electron chi connectivity index (χ2n) is 5.91. The van der Waals surface area contributed by atoms with Gasteiger partial charge in [0.2, 0.25) is 11.8 Å². The molecular formula is C17H23N3O2. The Balaban J connectivity index is 1.63. The molecule has 5 heteroatoms. The van der Waals surface area contributed by atoms with Gasteiger partial charge in [-0.1, -0.05) is 18.2 Å². The fourth-order valence-electron chi connectivity index (χ4n) is 3.20. The molecule has 5 nitrogen and oxygen atoms in total. The molecule has 2 amide bonds. The number of aryl methyl sites for hydroxylation is 1. The highest BCUT2D eigenvalue weighted by molar-refractivity contribution is 5.97. The standard InChI is InChI=1S/C17H23N3O2/c21-16(19-11-3-9-18-10-13-19)8-12-20-15-5-2-1-4-14(15)6-7-17(20)22/h1-2,4-5,18H,3,6-13H2. The molecule has 0 bridgehead atoms. The minimum Gasteiger partial charge on any atom is -0.341 e. The lowest BCUT2D eigenvalue weighted by atomic mass is 10.0. The summed E-state index contributed by atoms with van der Waals surface area (Å²) in [5, 5.41) is 3.30. The Morgan fingerprint density at radius 2 is 2.00 bits per heavy atom. The van der Waals surface area contributed by atoms with Gasteiger partial charge in [0.15, 0.2) is 0 Å². The van der Waals surface area contributed by atoms with Crippen LogP contribution in [0.3, 0.4) is 0 Å². The van der Waals surface area contributed by atoms with Crippen molar-refractivity contribution in [2.24, 2.45) is 0 Å². The summed E-state index contributed by atoms with van der Waals surface area (Å²) in [5.41, 5.74) is 2.18. The first-order valence-corrected chi connectivity index (χ1v) is 8.12. The van der Waals surface area contributed by atoms with Gasteiger partial charge in [0, 0.05) is 44.7 Å². The quantitative estimate of drug-likeness (QED) is 0.912. The predicted octanol–water partition coefficient (Wildman–Crippen LogP) is 1.18. The van der Waals surface area contributed by atoms with Gasteiger partial charge in [0.25, 0.3) is 0 Å². The largest absolute Gasteiger partial charge is 0.341 e. The summed E-state index contributed by atoms with van der Waals surface area (Å²) >= 11 is 0. The number of para-hydroxylation sites is 1. The molecule has 0 aromatic heterocycles. The molecule has 3 rings (SSSR count). The van der Waals surface area contributed by atoms with Crippen LogP contribution in [0.5, 0.6) is 0 Å². The number of benzene rings is 1. The lowest BCUT2D eigenvalue weighted by Crippen LogP contribution is -2.40. The van der Waals surface area contributed by atoms with Crippen molar-refractivity contribution < 1.29 is 9.59 Å². The summed E-state index contributed by atoms with van der Waals surface area (Å²) < 4.78 is 0. The van der Waals surface area contributed by atoms with Gasteiger partial charge < -0.3 is 15.1 Å². The zero-order valence-corrected chi connectivity index (χ0v) is 12.9. The maximum absolute atomic E-state index is 12.4. The van der Waals surface area contributed by atoms with Crippen molar-refractivity contribution in [2.45, 2.75) is 25.7 Å². The molecule has 118 valence electrons. The Morgan fingerprint density at radius 3 is 2.91 bits per heavy atom. The van der Waals surface area contributed by atoms with Crippen molar-refractivity contribution in [3.63, 3.8) is 0 Å². The third-order valence-corrected chi connectivity index (χ3v) is 4.43. The molecule has 0 spiro atoms. The third kappa shape index (κ3) is 3.30. The van der Waals surface area contributed by atoms with Crippen molar-refractivity contribution in [1.29, 1.82) is 0 Å². The monoisotopic (exact) mass is 301 g/mol. The van der Waals surface area contributed by atoms with Gasteiger partial charge >= 0.3 is 0 Å². The fraction of sp³-hybridized carbons (Fsp3) is 0.529. The van der Waals surface area contributed by atoms with E-state index in [1.807, 2.05) is 23.1 Å². The van der Waals surface area contributed by atoms with Crippen LogP contribution < -0.4 is 10.2 Å². The number of anilines is 1. The smallest absolute Gasteiger partial charge is 0.227 e. The van der Waals surface area contributed by atoms with Gasteiger partial charge in [-0.25, -0.2) is 0 Å². The second kappa shape index (κ2) is 6.92. The Hall–Kier alpha value is -1.88. The normalized spacial score (nSPS) is 18.8. The van der Waals surface area contributed by atoms with E-state index >= 15 is 0 Å². The first-order valence-electron chi connectivity index (χ1n) is 8.12. The molecule has 1 aromatic carbocycles. The number of hydrogen-bond acceptors (Lipinski definition) is 3. The topological polar surface area (TPSA) is 52.7 Å². The van der Waals surface area contributed by atoms with Gasteiger partial charge in [-0.15, -0.1) is 0 Å². The van der Waals surface area contributed by atoms with Crippen molar-refractivity contribution in [2.75, 3.05) is 37.6 Å². The highest BCUT2D eigenvalue weighted by Crippen LogP contribution is 2.27. The Morgan fingerprint density at radius 1 is 1.14 bits per heavy atom. The highest BCUT2D eigenvalue weighted by Gasteiger charge is 2.25. The molecule has 22 heavy (non-hydrogen) atoms. The number of amides is 2. The molecule has 0 aliphatic carbocycles. The maximum Gasteiger partial charge on any atom is 0.227 e. The number of hydrogen-bond donors (Lipinski definition) is 1. The van der Waals surface area contributed by atoms with Gasteiger partial charge in [-0.2, -0.15) is 0 Å². The van der Waals surface area contributed by atoms with Crippen molar-refractivity contribution >= 4 is 17.5 Å². The molecule has 0 unspecified atom stereocenters. The Bertz CT molecular complexity index is 551. The number of rotatable bonds is 3. The van der Waals surface area contributed by atoms with Gasteiger partial charge in [0.1, 0.15) is 0 Å². The van der Waals surface area contributed by atoms with E-state index in [9.17, 15) is 9.59 Å². The van der Waals surface area contributed by atoms with E-state index in [2.05, 4.69) is 11.4 Å². The molecule has 2 aliphatic heterocycles. The molecule has 2 heterocycles. The maximum atomic E-state index is 12.4. The summed E-state index contributed by atoms with van der Waals surface area (Å²) in [6.07, 6.45) is 2.74. The average molecular weight is 301 g/mol. The van der Waals surface area contributed by atoms with Crippen LogP contribution in [-0.4, -0.2) is 49.4 Å². The Labute approximate surface area is 131 Å². The first kappa shape index (κ1) is 15.0. The minimum absolute atomic E-state index is 0.129. The highest BCUT2D eigenvalue weighted by atomic mass is 16.2. The lowest BCUT2D eigenvalue weighted by Gasteiger charge is -2.30. The minimum atomic E-state index is 0.129. The number of carbonyl (C=O) groups is 2. The van der Waals surface area contributed by atoms with E-state index in [1.165, 1.54) is 5.56 Å². The molecule has 1 fully saturated rings. The Kier molecular flexibility index (Phi) is 4.73. The summed E-state index contributed by atoms with van der Waals surface area (Å²) in [6, 6.07) is 8.00. The predicted molar refractivity (Wildman–Crippen MR) is 85.8 cm³/mol. The van der Waals surface area contributed by atoms with Crippen LogP contribution in [0, 0.1) is 0 Å². The van der Waals surface area contributed by atoms with Gasteiger partial charge in [0.05, 0.1) is 0 Å². The van der Waals surface area contributed by atoms with E-state index in [4.69, 9.17) is 0 Å². The van der Waals surface area contributed by atoms with Crippen LogP contribution in [0.15, 0.2) is 24.3 Å². The summed E-state index contributed by atoms with van der Waals surface area (Å²) in [4.78, 5) is 28.3. The van der Waals surface area contributed by atoms with Crippen molar-refractivity contribution in [1.82, 2.24) is 10.2 Å². The number of carbonyl (C=O) groups excluding carboxylic acids is 2. The second-order valence-corrected chi connectivity index (χ2v) is 5.91. The summed E-state index contributed by atoms with van der Waals surface area (Å²) in [5.74, 6) is 0.281. The number of fused-ring (bicyclic) bond motifs is 1. The van der Waals surface area contributed by atoms with E-state index < -0.39 is 0 Å². The molecule has 1 N–H and O–H groups in total. The molecule has 0 atom stereocenters. The van der Waals surface area contributed by atoms with Crippen LogP contribution >= 0.6 is 0 Å². The summed E-state index contributed by atoms with van der Waals surface area (Å²) in [6.45, 7) is 3.90. The fourth-order valence-corrected chi connectivity index (χ4v) is 3.20. The van der Waals surface area contributed by atoms with Crippen LogP contribution in [0.1, 0.15) is 24.8 Å². The SMILES string of the molecule is O=C(CCN1C(=O)CCc2ccccc21)N1CCCNCC1. The van der Waals surface area contributed by atoms with Crippen LogP contribution in [-0.2, 0) is 16.0 Å². The van der Waals surface area contributed by atoms with Crippen molar-refractivity contribution in [3.05, 3.63) is 29.8 Å². The number of nitrogens with zero attached hydrogens (tertiary/aromatic N) is 2. The van der Waals surface area contributed by atoms with Crippen molar-refractivity contribution in [3.8, 4) is 0 Å². The lowest BCUT2D eigenvalue weighted by molar-refractivity contribution is -0.130. The summed E-state index contributed by atoms with van der Waals surface area (Å²) in [7, 11) is 0. The van der Waals surface area contributed by atoms with Gasteiger partial charge in [-0.3, -0.25) is 9.59 Å². The third-order valence-electron chi connectivity index (χ3n) is 4.43. The van der Waals surface area contributed by atoms with Crippen LogP contribution in [0.25, 0.3) is 0 Å². The molecule has 1 saturated heterocycles. The van der Waals surface area contributed by atoms with E-state index in [1.54, 1.807) is 4.90 Å². The molecule has 1 aromatic rings. The first-order chi connectivity index (χ1) is 10.8. The van der Waals surface area contributed by atoms with E-state index in [0.717, 1.165) is 44.7 Å². The molecule has 0 saturated carbocycles. The van der Waals surface area contributed by atoms with E-state index in [-0.39, 0.29) is 11.8 Å². The molecule has 0 radical (unpaired) electrons. The zero-order chi connectivity index (χ0) is 15.4. The van der Waals surface area contributed by atoms with E-state index in [0.29, 0.717) is 19.4 Å². The van der Waals surface area contributed by atoms with Crippen LogP contribution in [0.4, 0.5) is 5.69 Å². The zero-order valence-electron chi connectivity index (χ0n) is 12.9. The molecular weight excluding hydrogens is 278 g/mol. The number of nitrogens with one attached hydrogen (secondary N) is 1. The van der Waals surface area contributed by atoms with Crippen LogP contribution in [0.2, 0.25) is 0 Å². The van der Waals surface area contributed by atoms with Gasteiger partial charge in [-0.05, 0) is 31.0 Å². The average Bonchev–Trinajstić information content (AvgIpc) is 2.83.